The van der Waals surface area contributed by atoms with Crippen LogP contribution >= 0.6 is 0 Å². The Labute approximate surface area is 182 Å². The molecule has 2 aromatic carbocycles. The van der Waals surface area contributed by atoms with Crippen molar-refractivity contribution < 1.29 is 4.42 Å². The van der Waals surface area contributed by atoms with Crippen LogP contribution in [0.4, 0.5) is 0 Å². The van der Waals surface area contributed by atoms with Gasteiger partial charge in [0.1, 0.15) is 5.76 Å². The third-order valence-electron chi connectivity index (χ3n) is 6.48. The fourth-order valence-corrected chi connectivity index (χ4v) is 4.49. The van der Waals surface area contributed by atoms with Crippen molar-refractivity contribution in [1.29, 1.82) is 0 Å². The van der Waals surface area contributed by atoms with Gasteiger partial charge in [0.2, 0.25) is 11.1 Å². The molecule has 3 heterocycles. The lowest BCUT2D eigenvalue weighted by Gasteiger charge is -2.38. The van der Waals surface area contributed by atoms with Crippen molar-refractivity contribution >= 4 is 16.6 Å². The maximum atomic E-state index is 13.7. The predicted octanol–water partition coefficient (Wildman–Crippen LogP) is 3.80. The molecule has 0 atom stereocenters. The molecule has 5 aromatic rings. The minimum atomic E-state index is -0.391. The van der Waals surface area contributed by atoms with E-state index in [1.807, 2.05) is 54.6 Å². The molecule has 1 aliphatic carbocycles. The normalized spacial score (nSPS) is 15.2. The Morgan fingerprint density at radius 2 is 1.72 bits per heavy atom. The maximum absolute atomic E-state index is 13.7. The summed E-state index contributed by atoms with van der Waals surface area (Å²) in [7, 11) is 0. The first-order valence-electron chi connectivity index (χ1n) is 10.6. The third kappa shape index (κ3) is 2.68. The monoisotopic (exact) mass is 424 g/mol. The molecule has 32 heavy (non-hydrogen) atoms. The topological polar surface area (TPSA) is 106 Å². The van der Waals surface area contributed by atoms with E-state index in [1.54, 1.807) is 6.07 Å². The number of hydrogen-bond acceptors (Lipinski definition) is 5. The highest BCUT2D eigenvalue weighted by Gasteiger charge is 2.34. The molecule has 0 saturated heterocycles. The van der Waals surface area contributed by atoms with Crippen LogP contribution in [0.5, 0.6) is 0 Å². The SMILES string of the molecule is NC1(c2ccc(-c3c(-c4ccccc4)oc4c(ccn5c(=O)[nH]nc45)c3=O)cc2)CCC1. The number of nitrogens with two attached hydrogens (primary N) is 1. The van der Waals surface area contributed by atoms with Crippen LogP contribution in [0.3, 0.4) is 0 Å². The van der Waals surface area contributed by atoms with Crippen LogP contribution in [0.25, 0.3) is 39.1 Å². The van der Waals surface area contributed by atoms with Gasteiger partial charge in [0.15, 0.2) is 5.58 Å². The zero-order valence-corrected chi connectivity index (χ0v) is 17.2. The highest BCUT2D eigenvalue weighted by atomic mass is 16.3. The highest BCUT2D eigenvalue weighted by Crippen LogP contribution is 2.40. The van der Waals surface area contributed by atoms with Gasteiger partial charge in [-0.1, -0.05) is 54.6 Å². The maximum Gasteiger partial charge on any atom is 0.347 e. The lowest BCUT2D eigenvalue weighted by Crippen LogP contribution is -2.43. The Bertz CT molecular complexity index is 1590. The van der Waals surface area contributed by atoms with Crippen LogP contribution in [-0.4, -0.2) is 14.6 Å². The van der Waals surface area contributed by atoms with Gasteiger partial charge in [0.25, 0.3) is 0 Å². The average molecular weight is 424 g/mol. The number of benzene rings is 2. The lowest BCUT2D eigenvalue weighted by atomic mass is 9.72. The summed E-state index contributed by atoms with van der Waals surface area (Å²) in [5.74, 6) is 0.436. The van der Waals surface area contributed by atoms with Gasteiger partial charge in [-0.2, -0.15) is 0 Å². The number of hydrogen-bond donors (Lipinski definition) is 2. The number of H-pyrrole nitrogens is 1. The quantitative estimate of drug-likeness (QED) is 0.458. The zero-order valence-electron chi connectivity index (χ0n) is 17.2. The van der Waals surface area contributed by atoms with Crippen molar-refractivity contribution in [3.05, 3.63) is 93.1 Å². The number of pyridine rings is 1. The van der Waals surface area contributed by atoms with E-state index in [0.29, 0.717) is 16.7 Å². The molecular weight excluding hydrogens is 404 g/mol. The Hall–Kier alpha value is -3.97. The van der Waals surface area contributed by atoms with Crippen LogP contribution in [0.1, 0.15) is 24.8 Å². The molecular formula is C25H20N4O3. The van der Waals surface area contributed by atoms with Crippen LogP contribution < -0.4 is 16.9 Å². The van der Waals surface area contributed by atoms with E-state index < -0.39 is 5.69 Å². The first kappa shape index (κ1) is 18.8. The first-order valence-corrected chi connectivity index (χ1v) is 10.6. The summed E-state index contributed by atoms with van der Waals surface area (Å²) in [6, 6.07) is 18.9. The fraction of sp³-hybridized carbons (Fsp3) is 0.160. The van der Waals surface area contributed by atoms with Gasteiger partial charge in [-0.3, -0.25) is 4.79 Å². The van der Waals surface area contributed by atoms with E-state index in [0.717, 1.165) is 36.0 Å². The summed E-state index contributed by atoms with van der Waals surface area (Å²) in [6.45, 7) is 0. The van der Waals surface area contributed by atoms with Gasteiger partial charge in [0.05, 0.1) is 10.9 Å². The van der Waals surface area contributed by atoms with E-state index in [-0.39, 0.29) is 22.2 Å². The summed E-state index contributed by atoms with van der Waals surface area (Å²) in [6.07, 6.45) is 4.61. The standard InChI is InChI=1S/C25H20N4O3/c26-25(12-4-13-25)17-9-7-15(8-10-17)19-20(30)18-11-14-29-23(27-28-24(29)31)22(18)32-21(19)16-5-2-1-3-6-16/h1-3,5-11,14H,4,12-13,26H2,(H,28,31). The van der Waals surface area contributed by atoms with Crippen molar-refractivity contribution in [3.8, 4) is 22.5 Å². The van der Waals surface area contributed by atoms with Crippen LogP contribution in [0.2, 0.25) is 0 Å². The van der Waals surface area contributed by atoms with E-state index in [2.05, 4.69) is 10.2 Å². The molecule has 1 saturated carbocycles. The lowest BCUT2D eigenvalue weighted by molar-refractivity contribution is 0.253. The van der Waals surface area contributed by atoms with Crippen molar-refractivity contribution in [1.82, 2.24) is 14.6 Å². The van der Waals surface area contributed by atoms with Crippen molar-refractivity contribution in [2.75, 3.05) is 0 Å². The fourth-order valence-electron chi connectivity index (χ4n) is 4.49. The van der Waals surface area contributed by atoms with E-state index in [1.165, 1.54) is 10.6 Å². The molecule has 7 nitrogen and oxygen atoms in total. The third-order valence-corrected chi connectivity index (χ3v) is 6.48. The molecule has 0 bridgehead atoms. The molecule has 0 unspecified atom stereocenters. The molecule has 0 aliphatic heterocycles. The molecule has 0 amide bonds. The predicted molar refractivity (Wildman–Crippen MR) is 122 cm³/mol. The molecule has 158 valence electrons. The van der Waals surface area contributed by atoms with Gasteiger partial charge >= 0.3 is 5.69 Å². The molecule has 0 radical (unpaired) electrons. The van der Waals surface area contributed by atoms with Crippen molar-refractivity contribution in [2.45, 2.75) is 24.8 Å². The number of aromatic amines is 1. The van der Waals surface area contributed by atoms with Gasteiger partial charge in [0, 0.05) is 17.3 Å². The van der Waals surface area contributed by atoms with Crippen molar-refractivity contribution in [2.24, 2.45) is 5.73 Å². The van der Waals surface area contributed by atoms with Gasteiger partial charge in [-0.15, -0.1) is 5.10 Å². The summed E-state index contributed by atoms with van der Waals surface area (Å²) in [5.41, 5.74) is 9.25. The Kier molecular flexibility index (Phi) is 3.97. The summed E-state index contributed by atoms with van der Waals surface area (Å²) in [4.78, 5) is 25.7. The number of nitrogens with one attached hydrogen (secondary N) is 1. The van der Waals surface area contributed by atoms with E-state index in [4.69, 9.17) is 10.2 Å². The molecule has 7 heteroatoms. The minimum Gasteiger partial charge on any atom is -0.451 e. The number of aromatic nitrogens is 3. The largest absolute Gasteiger partial charge is 0.451 e. The van der Waals surface area contributed by atoms with Crippen molar-refractivity contribution in [3.63, 3.8) is 0 Å². The molecule has 6 rings (SSSR count). The number of fused-ring (bicyclic) bond motifs is 3. The Balaban J connectivity index is 1.64. The minimum absolute atomic E-state index is 0.179. The molecule has 0 spiro atoms. The van der Waals surface area contributed by atoms with Crippen LogP contribution in [0.15, 0.2) is 80.9 Å². The van der Waals surface area contributed by atoms with Crippen LogP contribution in [0, 0.1) is 0 Å². The molecule has 3 aromatic heterocycles. The number of rotatable bonds is 3. The summed E-state index contributed by atoms with van der Waals surface area (Å²) in [5, 5.41) is 6.83. The first-order chi connectivity index (χ1) is 15.5. The summed E-state index contributed by atoms with van der Waals surface area (Å²) >= 11 is 0. The highest BCUT2D eigenvalue weighted by molar-refractivity contribution is 5.94. The smallest absolute Gasteiger partial charge is 0.347 e. The molecule has 1 aliphatic rings. The van der Waals surface area contributed by atoms with Crippen LogP contribution in [-0.2, 0) is 5.54 Å². The second kappa shape index (κ2) is 6.77. The van der Waals surface area contributed by atoms with E-state index in [9.17, 15) is 9.59 Å². The second-order valence-corrected chi connectivity index (χ2v) is 8.37. The second-order valence-electron chi connectivity index (χ2n) is 8.37. The van der Waals surface area contributed by atoms with Gasteiger partial charge in [-0.25, -0.2) is 14.3 Å². The summed E-state index contributed by atoms with van der Waals surface area (Å²) < 4.78 is 7.63. The average Bonchev–Trinajstić information content (AvgIpc) is 3.19. The number of nitrogens with zero attached hydrogens (tertiary/aromatic N) is 2. The Morgan fingerprint density at radius 1 is 0.969 bits per heavy atom. The zero-order chi connectivity index (χ0) is 21.9. The molecule has 3 N–H and O–H groups in total. The van der Waals surface area contributed by atoms with E-state index >= 15 is 0 Å². The molecule has 1 fully saturated rings. The van der Waals surface area contributed by atoms with Gasteiger partial charge in [-0.05, 0) is 36.5 Å². The Morgan fingerprint density at radius 3 is 2.41 bits per heavy atom. The van der Waals surface area contributed by atoms with Gasteiger partial charge < -0.3 is 10.2 Å².